The third-order valence-corrected chi connectivity index (χ3v) is 9.32. The van der Waals surface area contributed by atoms with E-state index in [0.717, 1.165) is 32.1 Å². The Morgan fingerprint density at radius 3 is 0.897 bits per heavy atom. The molecule has 0 aliphatic heterocycles. The number of rotatable bonds is 33. The van der Waals surface area contributed by atoms with Crippen molar-refractivity contribution in [3.63, 3.8) is 0 Å². The quantitative estimate of drug-likeness (QED) is 0.0452. The molecule has 0 aliphatic rings. The van der Waals surface area contributed by atoms with Gasteiger partial charge in [0.1, 0.15) is 0 Å². The van der Waals surface area contributed by atoms with Crippen molar-refractivity contribution in [2.45, 2.75) is 206 Å². The van der Waals surface area contributed by atoms with Crippen molar-refractivity contribution in [3.8, 4) is 0 Å². The molecule has 0 saturated carbocycles. The zero-order valence-electron chi connectivity index (χ0n) is 28.3. The van der Waals surface area contributed by atoms with Gasteiger partial charge in [-0.25, -0.2) is 0 Å². The summed E-state index contributed by atoms with van der Waals surface area (Å²) >= 11 is 0. The minimum absolute atomic E-state index is 0. The van der Waals surface area contributed by atoms with Gasteiger partial charge in [0.15, 0.2) is 0 Å². The van der Waals surface area contributed by atoms with E-state index >= 15 is 0 Å². The first-order valence-corrected chi connectivity index (χ1v) is 19.1. The monoisotopic (exact) mass is 567 g/mol. The Morgan fingerprint density at radius 1 is 0.385 bits per heavy atom. The van der Waals surface area contributed by atoms with Gasteiger partial charge in [-0.1, -0.05) is 194 Å². The number of hydrogen-bond donors (Lipinski definition) is 0. The van der Waals surface area contributed by atoms with Crippen LogP contribution < -0.4 is 18.9 Å². The molecule has 0 radical (unpaired) electrons. The summed E-state index contributed by atoms with van der Waals surface area (Å²) in [7, 11) is -3.31. The van der Waals surface area contributed by atoms with Gasteiger partial charge >= 0.3 is 18.9 Å². The van der Waals surface area contributed by atoms with Crippen molar-refractivity contribution >= 4 is 10.1 Å². The average molecular weight is 567 g/mol. The summed E-state index contributed by atoms with van der Waals surface area (Å²) in [6, 6.07) is 0. The third-order valence-electron chi connectivity index (χ3n) is 8.01. The summed E-state index contributed by atoms with van der Waals surface area (Å²) in [6.45, 7) is 4.91. The fourth-order valence-corrected chi connectivity index (χ4v) is 6.42. The fourth-order valence-electron chi connectivity index (χ4n) is 5.37. The average Bonchev–Trinajstić information content (AvgIpc) is 2.90. The van der Waals surface area contributed by atoms with Gasteiger partial charge in [-0.3, -0.25) is 4.18 Å². The van der Waals surface area contributed by atoms with Gasteiger partial charge in [-0.2, -0.15) is 8.42 Å². The molecule has 0 fully saturated rings. The summed E-state index contributed by atoms with van der Waals surface area (Å²) in [5.74, 6) is 0.197. The molecule has 0 N–H and O–H groups in total. The summed E-state index contributed by atoms with van der Waals surface area (Å²) < 4.78 is 29.3. The summed E-state index contributed by atoms with van der Waals surface area (Å²) in [5.41, 5.74) is 0. The van der Waals surface area contributed by atoms with Crippen LogP contribution in [0.2, 0.25) is 0 Å². The molecular weight excluding hydrogens is 495 g/mol. The zero-order chi connectivity index (χ0) is 27.8. The van der Waals surface area contributed by atoms with E-state index in [1.165, 1.54) is 161 Å². The Kier molecular flexibility index (Phi) is 37.1. The molecule has 3 nitrogen and oxygen atoms in total. The van der Waals surface area contributed by atoms with Gasteiger partial charge in [0.2, 0.25) is 0 Å². The second-order valence-corrected chi connectivity index (χ2v) is 13.7. The number of unbranched alkanes of at least 4 members (excludes halogenated alkanes) is 28. The van der Waals surface area contributed by atoms with Crippen molar-refractivity contribution in [1.29, 1.82) is 0 Å². The van der Waals surface area contributed by atoms with Crippen LogP contribution in [0.1, 0.15) is 208 Å². The molecule has 232 valence electrons. The van der Waals surface area contributed by atoms with Crippen LogP contribution >= 0.6 is 0 Å². The normalized spacial score (nSPS) is 11.6. The SMILES string of the molecule is CCCCCCCCCCCCCCCCCCCCCCOS(=O)(=O)CCCCCCCCCCCC.[H-].[Li+]. The summed E-state index contributed by atoms with van der Waals surface area (Å²) in [5, 5.41) is 0. The van der Waals surface area contributed by atoms with E-state index in [9.17, 15) is 8.42 Å². The van der Waals surface area contributed by atoms with Crippen molar-refractivity contribution in [2.75, 3.05) is 12.4 Å². The minimum Gasteiger partial charge on any atom is -1.00 e. The molecule has 0 aliphatic carbocycles. The topological polar surface area (TPSA) is 43.4 Å². The molecule has 0 atom stereocenters. The van der Waals surface area contributed by atoms with Crippen LogP contribution in [0.25, 0.3) is 0 Å². The second kappa shape index (κ2) is 34.7. The molecule has 0 aromatic rings. The molecule has 0 unspecified atom stereocenters. The summed E-state index contributed by atoms with van der Waals surface area (Å²) in [4.78, 5) is 0. The number of hydrogen-bond acceptors (Lipinski definition) is 3. The molecule has 0 heterocycles. The maximum Gasteiger partial charge on any atom is 1.00 e. The largest absolute Gasteiger partial charge is 1.00 e. The van der Waals surface area contributed by atoms with E-state index < -0.39 is 10.1 Å². The first-order chi connectivity index (χ1) is 18.6. The van der Waals surface area contributed by atoms with Crippen LogP contribution in [0.4, 0.5) is 0 Å². The van der Waals surface area contributed by atoms with E-state index in [1.54, 1.807) is 0 Å². The Labute approximate surface area is 261 Å². The van der Waals surface area contributed by atoms with Crippen LogP contribution in [0.5, 0.6) is 0 Å². The predicted octanol–water partition coefficient (Wildman–Crippen LogP) is 9.19. The Morgan fingerprint density at radius 2 is 0.615 bits per heavy atom. The molecule has 0 saturated heterocycles. The standard InChI is InChI=1S/C34H70O3S.Li.H/c1-3-5-7-9-11-13-15-16-17-18-19-20-21-22-23-24-25-27-29-31-33-37-38(35,36)34-32-30-28-26-14-12-10-8-6-4-2;;/h3-34H2,1-2H3;;/q;+1;-1. The molecule has 0 amide bonds. The van der Waals surface area contributed by atoms with E-state index in [1.807, 2.05) is 0 Å². The van der Waals surface area contributed by atoms with Crippen LogP contribution in [-0.2, 0) is 14.3 Å². The molecule has 0 spiro atoms. The second-order valence-electron chi connectivity index (χ2n) is 12.0. The zero-order valence-corrected chi connectivity index (χ0v) is 28.1. The van der Waals surface area contributed by atoms with E-state index in [-0.39, 0.29) is 26.0 Å². The molecule has 0 bridgehead atoms. The molecule has 0 aromatic heterocycles. The van der Waals surface area contributed by atoms with Crippen molar-refractivity contribution < 1.29 is 32.9 Å². The van der Waals surface area contributed by atoms with Crippen molar-refractivity contribution in [1.82, 2.24) is 0 Å². The van der Waals surface area contributed by atoms with Gasteiger partial charge in [-0.05, 0) is 12.8 Å². The van der Waals surface area contributed by atoms with E-state index in [4.69, 9.17) is 4.18 Å². The maximum atomic E-state index is 12.0. The first-order valence-electron chi connectivity index (χ1n) is 17.5. The summed E-state index contributed by atoms with van der Waals surface area (Å²) in [6.07, 6.45) is 39.3. The smallest absolute Gasteiger partial charge is 1.00 e. The predicted molar refractivity (Wildman–Crippen MR) is 171 cm³/mol. The minimum atomic E-state index is -3.31. The van der Waals surface area contributed by atoms with Crippen LogP contribution in [0, 0.1) is 0 Å². The van der Waals surface area contributed by atoms with E-state index in [0.29, 0.717) is 6.61 Å². The molecule has 0 aromatic carbocycles. The molecule has 39 heavy (non-hydrogen) atoms. The van der Waals surface area contributed by atoms with Crippen molar-refractivity contribution in [2.24, 2.45) is 0 Å². The third kappa shape index (κ3) is 36.5. The van der Waals surface area contributed by atoms with Crippen LogP contribution in [0.3, 0.4) is 0 Å². The fraction of sp³-hybridized carbons (Fsp3) is 1.00. The van der Waals surface area contributed by atoms with Gasteiger partial charge < -0.3 is 1.43 Å². The van der Waals surface area contributed by atoms with Gasteiger partial charge in [0, 0.05) is 0 Å². The van der Waals surface area contributed by atoms with E-state index in [2.05, 4.69) is 13.8 Å². The molecular formula is C34H71LiO3S. The van der Waals surface area contributed by atoms with Gasteiger partial charge in [-0.15, -0.1) is 0 Å². The molecule has 5 heteroatoms. The molecule has 0 rings (SSSR count). The first kappa shape index (κ1) is 41.6. The maximum absolute atomic E-state index is 12.0. The van der Waals surface area contributed by atoms with Gasteiger partial charge in [0.25, 0.3) is 10.1 Å². The van der Waals surface area contributed by atoms with Gasteiger partial charge in [0.05, 0.1) is 12.4 Å². The Hall–Kier alpha value is 0.507. The Bertz CT molecular complexity index is 545. The van der Waals surface area contributed by atoms with Crippen LogP contribution in [0.15, 0.2) is 0 Å². The van der Waals surface area contributed by atoms with Crippen LogP contribution in [-0.4, -0.2) is 20.8 Å². The van der Waals surface area contributed by atoms with Crippen molar-refractivity contribution in [3.05, 3.63) is 0 Å². The Balaban J connectivity index is -0.00000684.